The monoisotopic (exact) mass is 356 g/mol. The van der Waals surface area contributed by atoms with Gasteiger partial charge in [-0.05, 0) is 44.7 Å². The minimum atomic E-state index is -0.437. The Labute approximate surface area is 153 Å². The standard InChI is InChI=1S/C20H25FN4O/c1-14(26)19-16(21)8-5-9-17(19)24-11-6-7-15(13-24)20-23-22-18-10-3-2-4-12-25(18)20/h5,8-9,15H,2-4,6-7,10-13H2,1H3. The zero-order valence-corrected chi connectivity index (χ0v) is 15.2. The molecule has 1 unspecified atom stereocenters. The van der Waals surface area contributed by atoms with Gasteiger partial charge in [0.25, 0.3) is 0 Å². The topological polar surface area (TPSA) is 51.0 Å². The van der Waals surface area contributed by atoms with E-state index in [-0.39, 0.29) is 17.3 Å². The average Bonchev–Trinajstić information content (AvgIpc) is 2.90. The van der Waals surface area contributed by atoms with Crippen LogP contribution in [-0.4, -0.2) is 33.6 Å². The number of nitrogens with zero attached hydrogens (tertiary/aromatic N) is 4. The zero-order valence-electron chi connectivity index (χ0n) is 15.2. The van der Waals surface area contributed by atoms with E-state index in [1.165, 1.54) is 32.3 Å². The molecule has 138 valence electrons. The molecule has 2 aliphatic rings. The number of aryl methyl sites for hydroxylation is 1. The first-order chi connectivity index (χ1) is 12.6. The van der Waals surface area contributed by atoms with Crippen LogP contribution in [0.15, 0.2) is 18.2 Å². The van der Waals surface area contributed by atoms with Gasteiger partial charge in [0.15, 0.2) is 5.78 Å². The number of rotatable bonds is 3. The molecule has 0 saturated carbocycles. The highest BCUT2D eigenvalue weighted by molar-refractivity contribution is 6.00. The number of aromatic nitrogens is 3. The van der Waals surface area contributed by atoms with E-state index in [0.717, 1.165) is 50.5 Å². The maximum atomic E-state index is 14.2. The fraction of sp³-hybridized carbons (Fsp3) is 0.550. The quantitative estimate of drug-likeness (QED) is 0.787. The van der Waals surface area contributed by atoms with Crippen molar-refractivity contribution in [3.05, 3.63) is 41.2 Å². The Kier molecular flexibility index (Phi) is 4.74. The summed E-state index contributed by atoms with van der Waals surface area (Å²) in [7, 11) is 0. The van der Waals surface area contributed by atoms with E-state index in [2.05, 4.69) is 19.7 Å². The van der Waals surface area contributed by atoms with Crippen molar-refractivity contribution in [3.63, 3.8) is 0 Å². The van der Waals surface area contributed by atoms with E-state index in [9.17, 15) is 9.18 Å². The molecule has 1 saturated heterocycles. The molecule has 5 nitrogen and oxygen atoms in total. The molecule has 3 heterocycles. The maximum absolute atomic E-state index is 14.2. The molecule has 1 atom stereocenters. The number of halogens is 1. The summed E-state index contributed by atoms with van der Waals surface area (Å²) in [6.45, 7) is 4.01. The van der Waals surface area contributed by atoms with Gasteiger partial charge in [-0.25, -0.2) is 4.39 Å². The molecule has 0 spiro atoms. The zero-order chi connectivity index (χ0) is 18.1. The Balaban J connectivity index is 1.63. The van der Waals surface area contributed by atoms with Gasteiger partial charge in [0.05, 0.1) is 11.3 Å². The number of piperidine rings is 1. The summed E-state index contributed by atoms with van der Waals surface area (Å²) in [5.74, 6) is 1.77. The third-order valence-corrected chi connectivity index (χ3v) is 5.61. The summed E-state index contributed by atoms with van der Waals surface area (Å²) in [6, 6.07) is 4.90. The van der Waals surface area contributed by atoms with Gasteiger partial charge in [0, 0.05) is 32.0 Å². The van der Waals surface area contributed by atoms with Crippen LogP contribution in [0.25, 0.3) is 0 Å². The highest BCUT2D eigenvalue weighted by Crippen LogP contribution is 2.33. The number of hydrogen-bond donors (Lipinski definition) is 0. The fourth-order valence-electron chi connectivity index (χ4n) is 4.34. The molecule has 1 fully saturated rings. The summed E-state index contributed by atoms with van der Waals surface area (Å²) in [5.41, 5.74) is 0.908. The van der Waals surface area contributed by atoms with Crippen LogP contribution in [0.2, 0.25) is 0 Å². The molecule has 0 radical (unpaired) electrons. The van der Waals surface area contributed by atoms with Gasteiger partial charge in [-0.1, -0.05) is 12.5 Å². The third-order valence-electron chi connectivity index (χ3n) is 5.61. The number of ketones is 1. The van der Waals surface area contributed by atoms with Crippen LogP contribution in [0.5, 0.6) is 0 Å². The molecule has 6 heteroatoms. The van der Waals surface area contributed by atoms with Crippen molar-refractivity contribution in [2.24, 2.45) is 0 Å². The van der Waals surface area contributed by atoms with E-state index in [4.69, 9.17) is 0 Å². The molecular weight excluding hydrogens is 331 g/mol. The minimum Gasteiger partial charge on any atom is -0.370 e. The van der Waals surface area contributed by atoms with Crippen LogP contribution in [0.4, 0.5) is 10.1 Å². The molecule has 26 heavy (non-hydrogen) atoms. The Morgan fingerprint density at radius 3 is 2.88 bits per heavy atom. The predicted molar refractivity (Wildman–Crippen MR) is 98.2 cm³/mol. The first-order valence-corrected chi connectivity index (χ1v) is 9.61. The second kappa shape index (κ2) is 7.17. The van der Waals surface area contributed by atoms with Crippen molar-refractivity contribution in [2.75, 3.05) is 18.0 Å². The van der Waals surface area contributed by atoms with Crippen LogP contribution < -0.4 is 4.90 Å². The Hall–Kier alpha value is -2.24. The minimum absolute atomic E-state index is 0.202. The first-order valence-electron chi connectivity index (χ1n) is 9.61. The highest BCUT2D eigenvalue weighted by Gasteiger charge is 2.29. The smallest absolute Gasteiger partial charge is 0.164 e. The molecule has 0 bridgehead atoms. The number of hydrogen-bond acceptors (Lipinski definition) is 4. The average molecular weight is 356 g/mol. The van der Waals surface area contributed by atoms with Gasteiger partial charge in [0.2, 0.25) is 0 Å². The molecule has 1 aromatic heterocycles. The number of anilines is 1. The number of carbonyl (C=O) groups is 1. The number of carbonyl (C=O) groups excluding carboxylic acids is 1. The van der Waals surface area contributed by atoms with Gasteiger partial charge >= 0.3 is 0 Å². The highest BCUT2D eigenvalue weighted by atomic mass is 19.1. The van der Waals surface area contributed by atoms with Gasteiger partial charge < -0.3 is 9.47 Å². The van der Waals surface area contributed by atoms with E-state index >= 15 is 0 Å². The van der Waals surface area contributed by atoms with Gasteiger partial charge in [-0.2, -0.15) is 0 Å². The largest absolute Gasteiger partial charge is 0.370 e. The van der Waals surface area contributed by atoms with Crippen LogP contribution in [0.1, 0.15) is 67.0 Å². The van der Waals surface area contributed by atoms with Crippen LogP contribution in [-0.2, 0) is 13.0 Å². The Morgan fingerprint density at radius 2 is 2.04 bits per heavy atom. The molecule has 2 aromatic rings. The van der Waals surface area contributed by atoms with Crippen molar-refractivity contribution in [1.29, 1.82) is 0 Å². The lowest BCUT2D eigenvalue weighted by Crippen LogP contribution is -2.36. The molecule has 1 aromatic carbocycles. The first kappa shape index (κ1) is 17.2. The van der Waals surface area contributed by atoms with E-state index in [1.807, 2.05) is 6.07 Å². The predicted octanol–water partition coefficient (Wildman–Crippen LogP) is 3.73. The number of fused-ring (bicyclic) bond motifs is 1. The Morgan fingerprint density at radius 1 is 1.15 bits per heavy atom. The van der Waals surface area contributed by atoms with Gasteiger partial charge in [0.1, 0.15) is 17.5 Å². The van der Waals surface area contributed by atoms with Crippen molar-refractivity contribution < 1.29 is 9.18 Å². The summed E-state index contributed by atoms with van der Waals surface area (Å²) in [5, 5.41) is 8.94. The van der Waals surface area contributed by atoms with E-state index in [1.54, 1.807) is 6.07 Å². The SMILES string of the molecule is CC(=O)c1c(F)cccc1N1CCCC(c2nnc3n2CCCCC3)C1. The molecular formula is C20H25FN4O. The lowest BCUT2D eigenvalue weighted by atomic mass is 9.95. The molecule has 4 rings (SSSR count). The second-order valence-electron chi connectivity index (χ2n) is 7.41. The van der Waals surface area contributed by atoms with Crippen molar-refractivity contribution >= 4 is 11.5 Å². The third kappa shape index (κ3) is 3.13. The van der Waals surface area contributed by atoms with E-state index in [0.29, 0.717) is 5.69 Å². The summed E-state index contributed by atoms with van der Waals surface area (Å²) in [6.07, 6.45) is 6.65. The van der Waals surface area contributed by atoms with Crippen molar-refractivity contribution in [2.45, 2.75) is 57.9 Å². The van der Waals surface area contributed by atoms with Gasteiger partial charge in [-0.15, -0.1) is 10.2 Å². The normalized spacial score (nSPS) is 20.5. The number of benzene rings is 1. The molecule has 2 aliphatic heterocycles. The van der Waals surface area contributed by atoms with E-state index < -0.39 is 5.82 Å². The lowest BCUT2D eigenvalue weighted by molar-refractivity contribution is 0.101. The summed E-state index contributed by atoms with van der Waals surface area (Å²) < 4.78 is 16.5. The second-order valence-corrected chi connectivity index (χ2v) is 7.41. The van der Waals surface area contributed by atoms with Crippen LogP contribution in [0, 0.1) is 5.82 Å². The summed E-state index contributed by atoms with van der Waals surface area (Å²) >= 11 is 0. The molecule has 0 amide bonds. The van der Waals surface area contributed by atoms with Crippen molar-refractivity contribution in [1.82, 2.24) is 14.8 Å². The maximum Gasteiger partial charge on any atom is 0.164 e. The fourth-order valence-corrected chi connectivity index (χ4v) is 4.34. The Bertz CT molecular complexity index is 816. The molecule has 0 aliphatic carbocycles. The number of Topliss-reactive ketones (excluding diaryl/α,β-unsaturated/α-hetero) is 1. The van der Waals surface area contributed by atoms with Crippen LogP contribution in [0.3, 0.4) is 0 Å². The van der Waals surface area contributed by atoms with Gasteiger partial charge in [-0.3, -0.25) is 4.79 Å². The van der Waals surface area contributed by atoms with Crippen molar-refractivity contribution in [3.8, 4) is 0 Å². The van der Waals surface area contributed by atoms with Crippen LogP contribution >= 0.6 is 0 Å². The summed E-state index contributed by atoms with van der Waals surface area (Å²) in [4.78, 5) is 14.1. The molecule has 0 N–H and O–H groups in total. The lowest BCUT2D eigenvalue weighted by Gasteiger charge is -2.35.